The molecule has 2 aromatic carbocycles. The van der Waals surface area contributed by atoms with E-state index < -0.39 is 29.7 Å². The van der Waals surface area contributed by atoms with Crippen LogP contribution in [0.1, 0.15) is 0 Å². The molecule has 14 heteroatoms. The third-order valence-corrected chi connectivity index (χ3v) is 6.39. The van der Waals surface area contributed by atoms with Gasteiger partial charge in [-0.15, -0.1) is 0 Å². The maximum atomic E-state index is 12.6. The molecule has 0 radical (unpaired) electrons. The third-order valence-electron chi connectivity index (χ3n) is 2.76. The summed E-state index contributed by atoms with van der Waals surface area (Å²) in [7, 11) is -9.08. The van der Waals surface area contributed by atoms with E-state index in [2.05, 4.69) is 9.37 Å². The van der Waals surface area contributed by atoms with Crippen LogP contribution < -0.4 is 64.4 Å². The SMILES string of the molecule is O=S(=O)([O-])c1cc(S(=O)(=O)c2cccc(SOO[O-])c2)ccc1Cl.[Na+].[Na+]. The summed E-state index contributed by atoms with van der Waals surface area (Å²) in [5.41, 5.74) is 0. The Hall–Kier alpha value is 0.820. The first-order valence-corrected chi connectivity index (χ1v) is 9.91. The normalized spacial score (nSPS) is 11.3. The number of rotatable bonds is 6. The number of halogens is 1. The first-order valence-electron chi connectivity index (χ1n) is 5.90. The molecule has 0 saturated heterocycles. The minimum absolute atomic E-state index is 0. The van der Waals surface area contributed by atoms with Crippen molar-refractivity contribution in [2.75, 3.05) is 0 Å². The Labute approximate surface area is 203 Å². The summed E-state index contributed by atoms with van der Waals surface area (Å²) >= 11 is 6.11. The molecular formula is C12H7ClNa2O8S3. The molecule has 0 aromatic heterocycles. The molecule has 0 aliphatic heterocycles. The fraction of sp³-hybridized carbons (Fsp3) is 0. The molecular weight excluding hydrogens is 450 g/mol. The first kappa shape index (κ1) is 26.8. The summed E-state index contributed by atoms with van der Waals surface area (Å²) in [4.78, 5) is -1.22. The average Bonchev–Trinajstić information content (AvgIpc) is 2.52. The molecule has 2 aromatic rings. The van der Waals surface area contributed by atoms with Gasteiger partial charge in [-0.1, -0.05) is 17.7 Å². The van der Waals surface area contributed by atoms with Gasteiger partial charge in [0.15, 0.2) is 0 Å². The zero-order chi connectivity index (χ0) is 18.0. The van der Waals surface area contributed by atoms with Gasteiger partial charge in [0.05, 0.1) is 31.8 Å². The summed E-state index contributed by atoms with van der Waals surface area (Å²) in [5, 5.41) is 12.6. The summed E-state index contributed by atoms with van der Waals surface area (Å²) in [6.07, 6.45) is 0. The Bertz CT molecular complexity index is 966. The molecule has 0 spiro atoms. The fourth-order valence-electron chi connectivity index (χ4n) is 1.72. The van der Waals surface area contributed by atoms with E-state index >= 15 is 0 Å². The van der Waals surface area contributed by atoms with Crippen LogP contribution in [0.4, 0.5) is 0 Å². The van der Waals surface area contributed by atoms with E-state index in [9.17, 15) is 26.6 Å². The zero-order valence-corrected chi connectivity index (χ0v) is 20.6. The van der Waals surface area contributed by atoms with Gasteiger partial charge in [-0.25, -0.2) is 16.8 Å². The predicted octanol–water partition coefficient (Wildman–Crippen LogP) is -4.68. The van der Waals surface area contributed by atoms with Crippen LogP contribution >= 0.6 is 23.6 Å². The van der Waals surface area contributed by atoms with Crippen LogP contribution in [0.15, 0.2) is 62.0 Å². The Morgan fingerprint density at radius 3 is 2.15 bits per heavy atom. The van der Waals surface area contributed by atoms with Crippen molar-refractivity contribution >= 4 is 43.6 Å². The molecule has 0 bridgehead atoms. The second-order valence-electron chi connectivity index (χ2n) is 4.24. The molecule has 0 aliphatic rings. The fourth-order valence-corrected chi connectivity index (χ4v) is 4.60. The topological polar surface area (TPSA) is 133 Å². The third kappa shape index (κ3) is 6.71. The Kier molecular flexibility index (Phi) is 11.5. The van der Waals surface area contributed by atoms with Crippen molar-refractivity contribution in [1.82, 2.24) is 0 Å². The van der Waals surface area contributed by atoms with E-state index in [1.807, 2.05) is 0 Å². The number of sulfone groups is 1. The minimum atomic E-state index is -4.94. The van der Waals surface area contributed by atoms with Crippen molar-refractivity contribution in [3.63, 3.8) is 0 Å². The molecule has 130 valence electrons. The van der Waals surface area contributed by atoms with Gasteiger partial charge in [0.2, 0.25) is 9.84 Å². The average molecular weight is 457 g/mol. The van der Waals surface area contributed by atoms with E-state index in [1.54, 1.807) is 0 Å². The summed E-state index contributed by atoms with van der Waals surface area (Å²) in [5.74, 6) is 0. The molecule has 0 heterocycles. The van der Waals surface area contributed by atoms with Crippen LogP contribution in [-0.2, 0) is 29.3 Å². The van der Waals surface area contributed by atoms with E-state index in [1.165, 1.54) is 24.3 Å². The molecule has 0 fully saturated rings. The van der Waals surface area contributed by atoms with Crippen molar-refractivity contribution < 1.29 is 95.1 Å². The standard InChI is InChI=1S/C12H9ClO8S3.2Na/c13-11-5-4-10(7-12(11)24(17,18)19)23(15,16)9-3-1-2-8(6-9)22-21-20-14;;/h1-7,14H,(H,17,18,19);;/q;2*+1/p-2. The molecule has 0 aliphatic carbocycles. The number of hydrogen-bond acceptors (Lipinski definition) is 9. The van der Waals surface area contributed by atoms with Crippen LogP contribution in [0.3, 0.4) is 0 Å². The molecule has 8 nitrogen and oxygen atoms in total. The maximum absolute atomic E-state index is 12.6. The van der Waals surface area contributed by atoms with Crippen LogP contribution in [0.5, 0.6) is 0 Å². The molecule has 0 N–H and O–H groups in total. The van der Waals surface area contributed by atoms with Gasteiger partial charge < -0.3 is 9.81 Å². The zero-order valence-electron chi connectivity index (χ0n) is 13.4. The maximum Gasteiger partial charge on any atom is 1.00 e. The van der Waals surface area contributed by atoms with Gasteiger partial charge in [-0.05, 0) is 36.4 Å². The number of benzene rings is 2. The number of hydrogen-bond donors (Lipinski definition) is 0. The van der Waals surface area contributed by atoms with Gasteiger partial charge >= 0.3 is 59.1 Å². The van der Waals surface area contributed by atoms with Gasteiger partial charge in [0.25, 0.3) is 0 Å². The first-order chi connectivity index (χ1) is 11.2. The molecule has 26 heavy (non-hydrogen) atoms. The Morgan fingerprint density at radius 1 is 0.962 bits per heavy atom. The smallest absolute Gasteiger partial charge is 0.744 e. The molecule has 0 unspecified atom stereocenters. The Morgan fingerprint density at radius 2 is 1.58 bits per heavy atom. The molecule has 2 rings (SSSR count). The predicted molar refractivity (Wildman–Crippen MR) is 79.3 cm³/mol. The van der Waals surface area contributed by atoms with Gasteiger partial charge in [-0.3, -0.25) is 5.04 Å². The van der Waals surface area contributed by atoms with Crippen LogP contribution in [0, 0.1) is 0 Å². The van der Waals surface area contributed by atoms with Gasteiger partial charge in [0, 0.05) is 4.90 Å². The summed E-state index contributed by atoms with van der Waals surface area (Å²) < 4.78 is 62.7. The van der Waals surface area contributed by atoms with Crippen molar-refractivity contribution in [3.8, 4) is 0 Å². The second kappa shape index (κ2) is 11.1. The van der Waals surface area contributed by atoms with Crippen molar-refractivity contribution in [2.45, 2.75) is 19.6 Å². The van der Waals surface area contributed by atoms with E-state index in [-0.39, 0.29) is 73.9 Å². The van der Waals surface area contributed by atoms with Gasteiger partial charge in [0.1, 0.15) is 10.1 Å². The Balaban J connectivity index is 0.00000312. The largest absolute Gasteiger partial charge is 1.00 e. The molecule has 0 atom stereocenters. The monoisotopic (exact) mass is 456 g/mol. The minimum Gasteiger partial charge on any atom is -0.744 e. The quantitative estimate of drug-likeness (QED) is 0.138. The van der Waals surface area contributed by atoms with Crippen LogP contribution in [-0.4, -0.2) is 21.4 Å². The van der Waals surface area contributed by atoms with Crippen LogP contribution in [0.2, 0.25) is 5.02 Å². The van der Waals surface area contributed by atoms with Crippen LogP contribution in [0.25, 0.3) is 0 Å². The van der Waals surface area contributed by atoms with Crippen molar-refractivity contribution in [2.24, 2.45) is 0 Å². The second-order valence-corrected chi connectivity index (χ2v) is 8.72. The van der Waals surface area contributed by atoms with Crippen molar-refractivity contribution in [1.29, 1.82) is 0 Å². The summed E-state index contributed by atoms with van der Waals surface area (Å²) in [6.45, 7) is 0. The van der Waals surface area contributed by atoms with E-state index in [0.717, 1.165) is 12.1 Å². The summed E-state index contributed by atoms with van der Waals surface area (Å²) in [6, 6.07) is 8.03. The molecule has 0 amide bonds. The van der Waals surface area contributed by atoms with Crippen molar-refractivity contribution in [3.05, 3.63) is 47.5 Å². The van der Waals surface area contributed by atoms with Gasteiger partial charge in [-0.2, -0.15) is 4.33 Å². The molecule has 0 saturated carbocycles. The van der Waals surface area contributed by atoms with E-state index in [0.29, 0.717) is 18.1 Å². The van der Waals surface area contributed by atoms with E-state index in [4.69, 9.17) is 11.6 Å².